The Morgan fingerprint density at radius 3 is 2.65 bits per heavy atom. The Balaban J connectivity index is 2.30. The van der Waals surface area contributed by atoms with E-state index in [1.54, 1.807) is 24.7 Å². The van der Waals surface area contributed by atoms with Crippen LogP contribution in [0.1, 0.15) is 26.0 Å². The summed E-state index contributed by atoms with van der Waals surface area (Å²) in [7, 11) is 1.84. The molecule has 0 radical (unpaired) electrons. The lowest BCUT2D eigenvalue weighted by atomic mass is 9.88. The van der Waals surface area contributed by atoms with Gasteiger partial charge in [0.1, 0.15) is 0 Å². The molecule has 1 unspecified atom stereocenters. The molecule has 0 aliphatic heterocycles. The van der Waals surface area contributed by atoms with Crippen molar-refractivity contribution in [3.05, 3.63) is 18.0 Å². The Bertz CT molecular complexity index is 472. The predicted octanol–water partition coefficient (Wildman–Crippen LogP) is 0.763. The number of aliphatic carboxylic acids is 1. The van der Waals surface area contributed by atoms with Crippen molar-refractivity contribution in [2.24, 2.45) is 12.5 Å². The van der Waals surface area contributed by atoms with Crippen LogP contribution >= 0.6 is 0 Å². The maximum absolute atomic E-state index is 11.6. The number of aryl methyl sites for hydroxylation is 1. The Morgan fingerprint density at radius 2 is 2.15 bits per heavy atom. The monoisotopic (exact) mass is 282 g/mol. The molecule has 0 bridgehead atoms. The predicted molar refractivity (Wildman–Crippen MR) is 74.3 cm³/mol. The van der Waals surface area contributed by atoms with E-state index in [9.17, 15) is 9.59 Å². The van der Waals surface area contributed by atoms with Crippen molar-refractivity contribution in [2.45, 2.75) is 26.7 Å². The summed E-state index contributed by atoms with van der Waals surface area (Å²) >= 11 is 0. The molecule has 7 nitrogen and oxygen atoms in total. The number of nitrogens with zero attached hydrogens (tertiary/aromatic N) is 2. The number of carbonyl (C=O) groups is 2. The van der Waals surface area contributed by atoms with Crippen LogP contribution < -0.4 is 10.6 Å². The summed E-state index contributed by atoms with van der Waals surface area (Å²) < 4.78 is 1.75. The van der Waals surface area contributed by atoms with Gasteiger partial charge in [0.15, 0.2) is 0 Å². The van der Waals surface area contributed by atoms with Crippen molar-refractivity contribution in [2.75, 3.05) is 13.1 Å². The van der Waals surface area contributed by atoms with Crippen molar-refractivity contribution >= 4 is 12.0 Å². The molecule has 0 aromatic carbocycles. The zero-order chi connectivity index (χ0) is 15.2. The number of carboxylic acids is 1. The number of carboxylic acid groups (broad SMARTS) is 1. The van der Waals surface area contributed by atoms with Gasteiger partial charge in [-0.25, -0.2) is 4.79 Å². The van der Waals surface area contributed by atoms with Gasteiger partial charge in [0.05, 0.1) is 5.41 Å². The normalized spacial score (nSPS) is 13.6. The van der Waals surface area contributed by atoms with Gasteiger partial charge in [0.25, 0.3) is 0 Å². The molecule has 1 atom stereocenters. The molecule has 112 valence electrons. The van der Waals surface area contributed by atoms with Crippen LogP contribution in [0.15, 0.2) is 12.3 Å². The van der Waals surface area contributed by atoms with E-state index in [0.29, 0.717) is 19.4 Å². The van der Waals surface area contributed by atoms with Gasteiger partial charge in [-0.3, -0.25) is 9.48 Å². The summed E-state index contributed by atoms with van der Waals surface area (Å²) in [5.41, 5.74) is 0.0913. The van der Waals surface area contributed by atoms with Crippen molar-refractivity contribution in [1.82, 2.24) is 20.4 Å². The van der Waals surface area contributed by atoms with Crippen LogP contribution in [0.4, 0.5) is 4.79 Å². The molecule has 20 heavy (non-hydrogen) atoms. The van der Waals surface area contributed by atoms with Crippen LogP contribution in [0.2, 0.25) is 0 Å². The Hall–Kier alpha value is -2.05. The number of aromatic nitrogens is 2. The topological polar surface area (TPSA) is 96.3 Å². The number of hydrogen-bond donors (Lipinski definition) is 3. The first-order valence-electron chi connectivity index (χ1n) is 6.61. The number of carbonyl (C=O) groups excluding carboxylic acids is 1. The molecule has 1 aromatic heterocycles. The van der Waals surface area contributed by atoms with E-state index in [2.05, 4.69) is 15.7 Å². The van der Waals surface area contributed by atoms with Crippen molar-refractivity contribution in [3.63, 3.8) is 0 Å². The van der Waals surface area contributed by atoms with Crippen LogP contribution in [-0.2, 0) is 18.3 Å². The minimum absolute atomic E-state index is 0.108. The first-order chi connectivity index (χ1) is 9.39. The third kappa shape index (κ3) is 4.25. The van der Waals surface area contributed by atoms with Crippen molar-refractivity contribution in [3.8, 4) is 0 Å². The van der Waals surface area contributed by atoms with E-state index in [1.807, 2.05) is 13.1 Å². The first kappa shape index (κ1) is 16.0. The van der Waals surface area contributed by atoms with Gasteiger partial charge in [-0.05, 0) is 19.4 Å². The molecule has 0 fully saturated rings. The average Bonchev–Trinajstić information content (AvgIpc) is 2.81. The van der Waals surface area contributed by atoms with Gasteiger partial charge >= 0.3 is 12.0 Å². The van der Waals surface area contributed by atoms with Gasteiger partial charge in [-0.15, -0.1) is 0 Å². The third-order valence-corrected chi connectivity index (χ3v) is 3.52. The number of amides is 2. The summed E-state index contributed by atoms with van der Waals surface area (Å²) in [6, 6.07) is 1.53. The molecule has 7 heteroatoms. The highest BCUT2D eigenvalue weighted by Gasteiger charge is 2.31. The first-order valence-corrected chi connectivity index (χ1v) is 6.61. The summed E-state index contributed by atoms with van der Waals surface area (Å²) in [5, 5.41) is 18.4. The van der Waals surface area contributed by atoms with Crippen LogP contribution in [-0.4, -0.2) is 40.0 Å². The Kier molecular flexibility index (Phi) is 5.54. The molecule has 3 N–H and O–H groups in total. The maximum atomic E-state index is 11.6. The van der Waals surface area contributed by atoms with E-state index >= 15 is 0 Å². The molecule has 1 heterocycles. The van der Waals surface area contributed by atoms with Gasteiger partial charge in [-0.2, -0.15) is 5.10 Å². The minimum Gasteiger partial charge on any atom is -0.481 e. The average molecular weight is 282 g/mol. The molecule has 0 saturated carbocycles. The zero-order valence-corrected chi connectivity index (χ0v) is 12.1. The second-order valence-corrected chi connectivity index (χ2v) is 5.02. The largest absolute Gasteiger partial charge is 0.481 e. The van der Waals surface area contributed by atoms with E-state index < -0.39 is 11.4 Å². The van der Waals surface area contributed by atoms with E-state index in [-0.39, 0.29) is 12.6 Å². The number of hydrogen-bond acceptors (Lipinski definition) is 3. The number of nitrogens with one attached hydrogen (secondary N) is 2. The highest BCUT2D eigenvalue weighted by molar-refractivity contribution is 5.77. The fraction of sp³-hybridized carbons (Fsp3) is 0.615. The molecule has 1 rings (SSSR count). The van der Waals surface area contributed by atoms with Crippen LogP contribution in [0.3, 0.4) is 0 Å². The fourth-order valence-electron chi connectivity index (χ4n) is 1.64. The lowest BCUT2D eigenvalue weighted by Crippen LogP contribution is -2.45. The lowest BCUT2D eigenvalue weighted by Gasteiger charge is -2.23. The number of rotatable bonds is 7. The van der Waals surface area contributed by atoms with Crippen LogP contribution in [0, 0.1) is 5.41 Å². The van der Waals surface area contributed by atoms with Gasteiger partial charge in [-0.1, -0.05) is 6.92 Å². The molecule has 2 amide bonds. The molecule has 0 aliphatic carbocycles. The fourth-order valence-corrected chi connectivity index (χ4v) is 1.64. The van der Waals surface area contributed by atoms with Crippen molar-refractivity contribution in [1.29, 1.82) is 0 Å². The van der Waals surface area contributed by atoms with Crippen LogP contribution in [0.25, 0.3) is 0 Å². The summed E-state index contributed by atoms with van der Waals surface area (Å²) in [5.74, 6) is -0.907. The van der Waals surface area contributed by atoms with E-state index in [1.165, 1.54) is 0 Å². The molecule has 0 spiro atoms. The highest BCUT2D eigenvalue weighted by atomic mass is 16.4. The molecule has 0 aliphatic rings. The van der Waals surface area contributed by atoms with Gasteiger partial charge in [0, 0.05) is 38.4 Å². The highest BCUT2D eigenvalue weighted by Crippen LogP contribution is 2.19. The lowest BCUT2D eigenvalue weighted by molar-refractivity contribution is -0.147. The molecule has 0 saturated heterocycles. The smallest absolute Gasteiger partial charge is 0.314 e. The van der Waals surface area contributed by atoms with Gasteiger partial charge in [0.2, 0.25) is 0 Å². The molecular formula is C13H22N4O3. The Morgan fingerprint density at radius 1 is 1.45 bits per heavy atom. The second kappa shape index (κ2) is 6.93. The van der Waals surface area contributed by atoms with E-state index in [4.69, 9.17) is 5.11 Å². The number of urea groups is 1. The third-order valence-electron chi connectivity index (χ3n) is 3.52. The zero-order valence-electron chi connectivity index (χ0n) is 12.1. The minimum atomic E-state index is -0.931. The van der Waals surface area contributed by atoms with Gasteiger partial charge < -0.3 is 15.7 Å². The maximum Gasteiger partial charge on any atom is 0.314 e. The quantitative estimate of drug-likeness (QED) is 0.688. The van der Waals surface area contributed by atoms with Crippen LogP contribution in [0.5, 0.6) is 0 Å². The standard InChI is InChI=1S/C13H22N4O3/c1-4-13(2,11(18)19)9-15-12(20)14-7-5-10-6-8-16-17(10)3/h6,8H,4-5,7,9H2,1-3H3,(H,18,19)(H2,14,15,20). The second-order valence-electron chi connectivity index (χ2n) is 5.02. The summed E-state index contributed by atoms with van der Waals surface area (Å²) in [4.78, 5) is 22.7. The Labute approximate surface area is 118 Å². The van der Waals surface area contributed by atoms with Crippen molar-refractivity contribution < 1.29 is 14.7 Å². The summed E-state index contributed by atoms with van der Waals surface area (Å²) in [6.45, 7) is 3.99. The molecule has 1 aromatic rings. The summed E-state index contributed by atoms with van der Waals surface area (Å²) in [6.07, 6.45) is 2.83. The molecular weight excluding hydrogens is 260 g/mol. The SMILES string of the molecule is CCC(C)(CNC(=O)NCCc1ccnn1C)C(=O)O. The van der Waals surface area contributed by atoms with E-state index in [0.717, 1.165) is 5.69 Å².